The third kappa shape index (κ3) is 6.26. The van der Waals surface area contributed by atoms with E-state index in [0.29, 0.717) is 22.0 Å². The highest BCUT2D eigenvalue weighted by Gasteiger charge is 2.17. The molecule has 0 saturated heterocycles. The predicted molar refractivity (Wildman–Crippen MR) is 126 cm³/mol. The summed E-state index contributed by atoms with van der Waals surface area (Å²) >= 11 is 11.8. The van der Waals surface area contributed by atoms with E-state index in [4.69, 9.17) is 32.1 Å². The fourth-order valence-electron chi connectivity index (χ4n) is 2.62. The molecule has 0 saturated carbocycles. The number of nitrogens with one attached hydrogen (secondary N) is 1. The first-order chi connectivity index (χ1) is 15.7. The molecule has 0 atom stereocenters. The van der Waals surface area contributed by atoms with Gasteiger partial charge in [0.05, 0.1) is 17.2 Å². The van der Waals surface area contributed by atoms with E-state index in [1.165, 1.54) is 73.8 Å². The molecular formula is C23H16Cl2N2O5S. The topological polar surface area (TPSA) is 105 Å². The Morgan fingerprint density at radius 2 is 1.61 bits per heavy atom. The number of nitriles is 1. The van der Waals surface area contributed by atoms with Crippen LogP contribution in [-0.4, -0.2) is 21.4 Å². The number of benzene rings is 3. The molecule has 3 aromatic carbocycles. The van der Waals surface area contributed by atoms with Crippen molar-refractivity contribution in [2.75, 3.05) is 12.4 Å². The molecule has 0 spiro atoms. The van der Waals surface area contributed by atoms with Gasteiger partial charge in [-0.25, -0.2) is 0 Å². The molecule has 10 heteroatoms. The molecule has 3 aromatic rings. The van der Waals surface area contributed by atoms with Crippen LogP contribution in [0.25, 0.3) is 6.08 Å². The highest BCUT2D eigenvalue weighted by atomic mass is 35.5. The number of methoxy groups -OCH3 is 1. The van der Waals surface area contributed by atoms with Crippen LogP contribution >= 0.6 is 23.2 Å². The van der Waals surface area contributed by atoms with Crippen LogP contribution in [0.3, 0.4) is 0 Å². The molecule has 7 nitrogen and oxygen atoms in total. The van der Waals surface area contributed by atoms with Crippen molar-refractivity contribution >= 4 is 51.0 Å². The van der Waals surface area contributed by atoms with Gasteiger partial charge in [0.25, 0.3) is 5.91 Å². The van der Waals surface area contributed by atoms with Gasteiger partial charge in [-0.2, -0.15) is 13.7 Å². The minimum atomic E-state index is -4.04. The standard InChI is InChI=1S/C23H16Cl2N2O5S/c1-31-18-7-9-20(10-8-18)33(29,30)32-19-5-2-15(3-6-19)12-16(14-26)23(28)27-17-4-11-21(24)22(25)13-17/h2-13H,1H3,(H,27,28)/b16-12+. The molecule has 0 fully saturated rings. The number of nitrogens with zero attached hydrogens (tertiary/aromatic N) is 1. The number of carbonyl (C=O) groups excluding carboxylic acids is 1. The van der Waals surface area contributed by atoms with Gasteiger partial charge in [-0.05, 0) is 66.2 Å². The molecule has 0 aliphatic carbocycles. The second kappa shape index (κ2) is 10.4. The smallest absolute Gasteiger partial charge is 0.339 e. The van der Waals surface area contributed by atoms with Gasteiger partial charge < -0.3 is 14.2 Å². The molecule has 1 amide bonds. The quantitative estimate of drug-likeness (QED) is 0.266. The van der Waals surface area contributed by atoms with Gasteiger partial charge in [0.15, 0.2) is 0 Å². The number of amides is 1. The van der Waals surface area contributed by atoms with Crippen LogP contribution in [0.15, 0.2) is 77.2 Å². The van der Waals surface area contributed by atoms with Gasteiger partial charge in [0.1, 0.15) is 28.0 Å². The summed E-state index contributed by atoms with van der Waals surface area (Å²) in [6, 6.07) is 18.0. The molecule has 3 rings (SSSR count). The van der Waals surface area contributed by atoms with Crippen LogP contribution in [0.5, 0.6) is 11.5 Å². The molecule has 0 aliphatic heterocycles. The van der Waals surface area contributed by atoms with Crippen LogP contribution < -0.4 is 14.2 Å². The lowest BCUT2D eigenvalue weighted by Gasteiger charge is -2.08. The lowest BCUT2D eigenvalue weighted by atomic mass is 10.1. The second-order valence-corrected chi connectivity index (χ2v) is 8.90. The summed E-state index contributed by atoms with van der Waals surface area (Å²) in [6.07, 6.45) is 1.36. The minimum Gasteiger partial charge on any atom is -0.497 e. The van der Waals surface area contributed by atoms with Crippen LogP contribution in [-0.2, 0) is 14.9 Å². The number of rotatable bonds is 7. The number of carbonyl (C=O) groups is 1. The highest BCUT2D eigenvalue weighted by Crippen LogP contribution is 2.26. The summed E-state index contributed by atoms with van der Waals surface area (Å²) in [4.78, 5) is 12.4. The Balaban J connectivity index is 1.72. The third-order valence-corrected chi connectivity index (χ3v) is 6.29. The molecule has 0 aliphatic rings. The van der Waals surface area contributed by atoms with Crippen LogP contribution in [0.4, 0.5) is 5.69 Å². The van der Waals surface area contributed by atoms with E-state index in [1.807, 2.05) is 6.07 Å². The van der Waals surface area contributed by atoms with Gasteiger partial charge in [-0.3, -0.25) is 4.79 Å². The van der Waals surface area contributed by atoms with Gasteiger partial charge in [0, 0.05) is 5.69 Å². The van der Waals surface area contributed by atoms with Gasteiger partial charge in [-0.15, -0.1) is 0 Å². The maximum atomic E-state index is 12.4. The predicted octanol–water partition coefficient (Wildman–Crippen LogP) is 5.32. The molecule has 33 heavy (non-hydrogen) atoms. The maximum absolute atomic E-state index is 12.4. The van der Waals surface area contributed by atoms with Crippen molar-refractivity contribution in [2.45, 2.75) is 4.90 Å². The summed E-state index contributed by atoms with van der Waals surface area (Å²) in [5.74, 6) is -0.0541. The molecule has 1 N–H and O–H groups in total. The molecule has 0 bridgehead atoms. The normalized spacial score (nSPS) is 11.4. The number of hydrogen-bond donors (Lipinski definition) is 1. The zero-order valence-corrected chi connectivity index (χ0v) is 19.4. The van der Waals surface area contributed by atoms with Crippen molar-refractivity contribution < 1.29 is 22.1 Å². The van der Waals surface area contributed by atoms with Gasteiger partial charge >= 0.3 is 10.1 Å². The lowest BCUT2D eigenvalue weighted by molar-refractivity contribution is -0.112. The average Bonchev–Trinajstić information content (AvgIpc) is 2.80. The molecule has 0 aromatic heterocycles. The van der Waals surface area contributed by atoms with E-state index < -0.39 is 16.0 Å². The van der Waals surface area contributed by atoms with Crippen LogP contribution in [0.2, 0.25) is 10.0 Å². The third-order valence-electron chi connectivity index (χ3n) is 4.29. The number of ether oxygens (including phenoxy) is 1. The first-order valence-electron chi connectivity index (χ1n) is 9.28. The Morgan fingerprint density at radius 1 is 0.970 bits per heavy atom. The molecule has 0 unspecified atom stereocenters. The van der Waals surface area contributed by atoms with Crippen LogP contribution in [0.1, 0.15) is 5.56 Å². The highest BCUT2D eigenvalue weighted by molar-refractivity contribution is 7.87. The summed E-state index contributed by atoms with van der Waals surface area (Å²) in [7, 11) is -2.56. The Hall–Kier alpha value is -3.51. The van der Waals surface area contributed by atoms with Crippen molar-refractivity contribution in [1.29, 1.82) is 5.26 Å². The Kier molecular flexibility index (Phi) is 7.61. The SMILES string of the molecule is COc1ccc(S(=O)(=O)Oc2ccc(/C=C(\C#N)C(=O)Nc3ccc(Cl)c(Cl)c3)cc2)cc1. The summed E-state index contributed by atoms with van der Waals surface area (Å²) in [6.45, 7) is 0. The summed E-state index contributed by atoms with van der Waals surface area (Å²) < 4.78 is 35.0. The van der Waals surface area contributed by atoms with E-state index in [2.05, 4.69) is 5.32 Å². The first-order valence-corrected chi connectivity index (χ1v) is 11.4. The molecular weight excluding hydrogens is 487 g/mol. The monoisotopic (exact) mass is 502 g/mol. The van der Waals surface area contributed by atoms with Crippen LogP contribution in [0, 0.1) is 11.3 Å². The Morgan fingerprint density at radius 3 is 2.18 bits per heavy atom. The Bertz CT molecular complexity index is 1350. The fourth-order valence-corrected chi connectivity index (χ4v) is 3.85. The molecule has 0 radical (unpaired) electrons. The average molecular weight is 503 g/mol. The number of halogens is 2. The zero-order chi connectivity index (χ0) is 24.0. The van der Waals surface area contributed by atoms with Crippen molar-refractivity contribution in [2.24, 2.45) is 0 Å². The summed E-state index contributed by atoms with van der Waals surface area (Å²) in [5.41, 5.74) is 0.702. The van der Waals surface area contributed by atoms with Crippen molar-refractivity contribution in [1.82, 2.24) is 0 Å². The largest absolute Gasteiger partial charge is 0.497 e. The lowest BCUT2D eigenvalue weighted by Crippen LogP contribution is -2.13. The van der Waals surface area contributed by atoms with E-state index >= 15 is 0 Å². The van der Waals surface area contributed by atoms with Crippen molar-refractivity contribution in [3.05, 3.63) is 87.9 Å². The Labute approximate surface area is 200 Å². The maximum Gasteiger partial charge on any atom is 0.339 e. The van der Waals surface area contributed by atoms with E-state index in [1.54, 1.807) is 6.07 Å². The van der Waals surface area contributed by atoms with E-state index in [-0.39, 0.29) is 21.2 Å². The van der Waals surface area contributed by atoms with E-state index in [0.717, 1.165) is 0 Å². The van der Waals surface area contributed by atoms with Crippen molar-refractivity contribution in [3.63, 3.8) is 0 Å². The van der Waals surface area contributed by atoms with Gasteiger partial charge in [0.2, 0.25) is 0 Å². The van der Waals surface area contributed by atoms with Crippen molar-refractivity contribution in [3.8, 4) is 17.6 Å². The van der Waals surface area contributed by atoms with E-state index in [9.17, 15) is 18.5 Å². The summed E-state index contributed by atoms with van der Waals surface area (Å²) in [5, 5.41) is 12.5. The van der Waals surface area contributed by atoms with Gasteiger partial charge in [-0.1, -0.05) is 35.3 Å². The molecule has 168 valence electrons. The zero-order valence-electron chi connectivity index (χ0n) is 17.1. The second-order valence-electron chi connectivity index (χ2n) is 6.53. The number of hydrogen-bond acceptors (Lipinski definition) is 6. The number of anilines is 1. The molecule has 0 heterocycles. The fraction of sp³-hybridized carbons (Fsp3) is 0.0435. The minimum absolute atomic E-state index is 0.0296. The first kappa shape index (κ1) is 24.1.